The van der Waals surface area contributed by atoms with E-state index in [1.54, 1.807) is 4.90 Å². The second kappa shape index (κ2) is 12.4. The monoisotopic (exact) mass is 565 g/mol. The van der Waals surface area contributed by atoms with Gasteiger partial charge in [-0.05, 0) is 50.4 Å². The van der Waals surface area contributed by atoms with E-state index >= 15 is 0 Å². The maximum atomic E-state index is 12.5. The summed E-state index contributed by atoms with van der Waals surface area (Å²) < 4.78 is 6.34. The van der Waals surface area contributed by atoms with E-state index in [4.69, 9.17) is 21.3 Å². The molecule has 1 amide bonds. The summed E-state index contributed by atoms with van der Waals surface area (Å²) in [5, 5.41) is 2.46. The zero-order valence-corrected chi connectivity index (χ0v) is 24.4. The van der Waals surface area contributed by atoms with Crippen molar-refractivity contribution in [3.63, 3.8) is 0 Å². The van der Waals surface area contributed by atoms with Crippen LogP contribution in [0.4, 0.5) is 11.5 Å². The third kappa shape index (κ3) is 5.64. The Balaban J connectivity index is 1.32. The third-order valence-corrected chi connectivity index (χ3v) is 9.00. The van der Waals surface area contributed by atoms with Crippen molar-refractivity contribution >= 4 is 28.2 Å². The molecule has 9 nitrogen and oxygen atoms in total. The molecule has 0 unspecified atom stereocenters. The lowest BCUT2D eigenvalue weighted by Crippen LogP contribution is -2.56. The summed E-state index contributed by atoms with van der Waals surface area (Å²) in [6.07, 6.45) is 5.70. The Hall–Kier alpha value is -4.16. The maximum Gasteiger partial charge on any atom is 0.318 e. The zero-order chi connectivity index (χ0) is 29.1. The van der Waals surface area contributed by atoms with Gasteiger partial charge in [0.15, 0.2) is 0 Å². The van der Waals surface area contributed by atoms with Crippen molar-refractivity contribution < 1.29 is 9.53 Å². The van der Waals surface area contributed by atoms with Gasteiger partial charge in [-0.15, -0.1) is 0 Å². The van der Waals surface area contributed by atoms with Crippen molar-refractivity contribution in [1.82, 2.24) is 19.8 Å². The lowest BCUT2D eigenvalue weighted by Gasteiger charge is -2.41. The van der Waals surface area contributed by atoms with Gasteiger partial charge in [0.1, 0.15) is 18.5 Å². The number of piperidine rings is 1. The number of carbonyl (C=O) groups is 1. The normalized spacial score (nSPS) is 21.1. The number of fused-ring (bicyclic) bond motifs is 2. The predicted molar refractivity (Wildman–Crippen MR) is 166 cm³/mol. The second-order valence-corrected chi connectivity index (χ2v) is 11.5. The molecule has 2 saturated heterocycles. The van der Waals surface area contributed by atoms with E-state index in [1.807, 2.05) is 0 Å². The van der Waals surface area contributed by atoms with Crippen LogP contribution in [-0.4, -0.2) is 90.7 Å². The van der Waals surface area contributed by atoms with Gasteiger partial charge in [0.2, 0.25) is 12.5 Å². The third-order valence-electron chi connectivity index (χ3n) is 9.00. The van der Waals surface area contributed by atoms with Gasteiger partial charge in [-0.25, -0.2) is 6.57 Å². The molecule has 6 rings (SSSR count). The molecule has 3 aromatic rings. The van der Waals surface area contributed by atoms with Crippen LogP contribution in [0.1, 0.15) is 30.5 Å². The van der Waals surface area contributed by atoms with Crippen LogP contribution in [0.5, 0.6) is 6.01 Å². The summed E-state index contributed by atoms with van der Waals surface area (Å²) in [6.45, 7) is 16.3. The van der Waals surface area contributed by atoms with Crippen LogP contribution in [-0.2, 0) is 17.8 Å². The summed E-state index contributed by atoms with van der Waals surface area (Å²) >= 11 is 0. The van der Waals surface area contributed by atoms with E-state index in [9.17, 15) is 4.79 Å². The van der Waals surface area contributed by atoms with E-state index in [0.717, 1.165) is 43.0 Å². The van der Waals surface area contributed by atoms with Crippen LogP contribution in [0.15, 0.2) is 55.1 Å². The average molecular weight is 566 g/mol. The number of ether oxygens (including phenoxy) is 1. The molecule has 218 valence electrons. The molecular formula is C33H39N7O2. The molecule has 4 heterocycles. The fourth-order valence-corrected chi connectivity index (χ4v) is 6.65. The smallest absolute Gasteiger partial charge is 0.318 e. The number of rotatable bonds is 7. The first-order valence-electron chi connectivity index (χ1n) is 15.0. The Morgan fingerprint density at radius 2 is 1.93 bits per heavy atom. The molecule has 0 spiro atoms. The number of amides is 1. The Kier molecular flexibility index (Phi) is 8.24. The molecule has 0 radical (unpaired) electrons. The van der Waals surface area contributed by atoms with Gasteiger partial charge in [0.05, 0.1) is 12.2 Å². The molecule has 2 fully saturated rings. The van der Waals surface area contributed by atoms with Gasteiger partial charge in [-0.2, -0.15) is 9.97 Å². The number of aromatic nitrogens is 2. The lowest BCUT2D eigenvalue weighted by atomic mass is 10.0. The quantitative estimate of drug-likeness (QED) is 0.315. The number of anilines is 2. The molecule has 0 N–H and O–H groups in total. The molecule has 3 aliphatic heterocycles. The minimum atomic E-state index is -0.219. The number of hydrogen-bond acceptors (Lipinski definition) is 7. The molecule has 2 aromatic carbocycles. The van der Waals surface area contributed by atoms with Gasteiger partial charge in [0, 0.05) is 48.9 Å². The number of carbonyl (C=O) groups excluding carboxylic acids is 1. The van der Waals surface area contributed by atoms with E-state index in [2.05, 4.69) is 75.6 Å². The first-order chi connectivity index (χ1) is 20.6. The summed E-state index contributed by atoms with van der Waals surface area (Å²) in [4.78, 5) is 35.0. The molecular weight excluding hydrogens is 526 g/mol. The Morgan fingerprint density at radius 1 is 1.07 bits per heavy atom. The number of likely N-dealkylation sites (N-methyl/N-ethyl adjacent to an activating group) is 1. The number of piperazine rings is 1. The largest absolute Gasteiger partial charge is 0.462 e. The van der Waals surface area contributed by atoms with Crippen molar-refractivity contribution in [2.24, 2.45) is 0 Å². The van der Waals surface area contributed by atoms with Crippen LogP contribution in [0.25, 0.3) is 15.6 Å². The minimum absolute atomic E-state index is 0.126. The lowest BCUT2D eigenvalue weighted by molar-refractivity contribution is -0.128. The fourth-order valence-electron chi connectivity index (χ4n) is 6.65. The van der Waals surface area contributed by atoms with Crippen LogP contribution in [0.3, 0.4) is 0 Å². The Bertz CT molecular complexity index is 1500. The van der Waals surface area contributed by atoms with Crippen LogP contribution in [0.2, 0.25) is 0 Å². The highest BCUT2D eigenvalue weighted by molar-refractivity contribution is 5.94. The number of hydrogen-bond donors (Lipinski definition) is 0. The maximum absolute atomic E-state index is 12.5. The highest BCUT2D eigenvalue weighted by atomic mass is 16.5. The fraction of sp³-hybridized carbons (Fsp3) is 0.455. The van der Waals surface area contributed by atoms with Crippen molar-refractivity contribution in [2.45, 2.75) is 44.3 Å². The summed E-state index contributed by atoms with van der Waals surface area (Å²) in [5.41, 5.74) is 3.33. The highest BCUT2D eigenvalue weighted by Gasteiger charge is 2.35. The average Bonchev–Trinajstić information content (AvgIpc) is 3.03. The van der Waals surface area contributed by atoms with E-state index in [0.29, 0.717) is 44.8 Å². The van der Waals surface area contributed by atoms with Crippen molar-refractivity contribution in [1.29, 1.82) is 0 Å². The van der Waals surface area contributed by atoms with E-state index in [1.165, 1.54) is 35.4 Å². The molecule has 9 heteroatoms. The molecule has 42 heavy (non-hydrogen) atoms. The van der Waals surface area contributed by atoms with Gasteiger partial charge in [-0.1, -0.05) is 49.4 Å². The SMILES string of the molecule is [C-]#[N+]C[C@H]1CN(c2nc(OC[C@H]3CCCCN3C)nc3c2CCN(c2cccc4ccccc24)C3)CCN1C(=O)C=C. The van der Waals surface area contributed by atoms with Crippen molar-refractivity contribution in [2.75, 3.05) is 62.7 Å². The first-order valence-corrected chi connectivity index (χ1v) is 15.0. The number of likely N-dealkylation sites (tertiary alicyclic amines) is 1. The summed E-state index contributed by atoms with van der Waals surface area (Å²) in [7, 11) is 2.16. The van der Waals surface area contributed by atoms with Crippen LogP contribution < -0.4 is 14.5 Å². The Labute approximate surface area is 248 Å². The molecule has 0 bridgehead atoms. The van der Waals surface area contributed by atoms with E-state index in [-0.39, 0.29) is 18.5 Å². The molecule has 0 aliphatic carbocycles. The van der Waals surface area contributed by atoms with Gasteiger partial charge in [-0.3, -0.25) is 4.79 Å². The zero-order valence-electron chi connectivity index (χ0n) is 24.4. The molecule has 3 aliphatic rings. The van der Waals surface area contributed by atoms with Crippen LogP contribution in [0, 0.1) is 6.57 Å². The first kappa shape index (κ1) is 28.0. The van der Waals surface area contributed by atoms with Gasteiger partial charge < -0.3 is 29.2 Å². The highest BCUT2D eigenvalue weighted by Crippen LogP contribution is 2.35. The molecule has 0 saturated carbocycles. The molecule has 1 aromatic heterocycles. The van der Waals surface area contributed by atoms with Gasteiger partial charge in [0.25, 0.3) is 0 Å². The van der Waals surface area contributed by atoms with Gasteiger partial charge >= 0.3 is 6.01 Å². The minimum Gasteiger partial charge on any atom is -0.462 e. The topological polar surface area (TPSA) is 69.4 Å². The predicted octanol–water partition coefficient (Wildman–Crippen LogP) is 4.18. The standard InChI is InChI=1S/C33H39N7O2/c1-4-31(41)40-19-18-39(21-26(40)20-34-2)32-28-15-17-38(30-14-9-11-24-10-5-6-13-27(24)30)22-29(28)35-33(36-32)42-23-25-12-7-8-16-37(25)3/h4-6,9-11,13-14,25-26H,1,7-8,12,15-23H2,3H3/t25-,26+/m1/s1. The number of nitrogens with zero attached hydrogens (tertiary/aromatic N) is 7. The second-order valence-electron chi connectivity index (χ2n) is 11.5. The summed E-state index contributed by atoms with van der Waals surface area (Å²) in [5.74, 6) is 0.754. The van der Waals surface area contributed by atoms with Crippen LogP contribution >= 0.6 is 0 Å². The van der Waals surface area contributed by atoms with E-state index < -0.39 is 0 Å². The molecule has 2 atom stereocenters. The number of benzene rings is 2. The van der Waals surface area contributed by atoms with Crippen molar-refractivity contribution in [3.8, 4) is 6.01 Å². The van der Waals surface area contributed by atoms with Crippen molar-refractivity contribution in [3.05, 3.63) is 77.8 Å². The Morgan fingerprint density at radius 3 is 2.76 bits per heavy atom. The summed E-state index contributed by atoms with van der Waals surface area (Å²) in [6, 6.07) is 15.5.